The van der Waals surface area contributed by atoms with E-state index < -0.39 is 0 Å². The second-order valence-electron chi connectivity index (χ2n) is 4.62. The first-order chi connectivity index (χ1) is 9.38. The lowest BCUT2D eigenvalue weighted by atomic mass is 10.1. The van der Waals surface area contributed by atoms with Crippen molar-refractivity contribution in [2.24, 2.45) is 0 Å². The van der Waals surface area contributed by atoms with Crippen LogP contribution in [0, 0.1) is 11.8 Å². The molecule has 1 aromatic rings. The summed E-state index contributed by atoms with van der Waals surface area (Å²) in [6, 6.07) is 8.36. The number of hydrogen-bond donors (Lipinski definition) is 1. The Balaban J connectivity index is 1.73. The van der Waals surface area contributed by atoms with Gasteiger partial charge in [0.15, 0.2) is 0 Å². The number of benzene rings is 1. The first-order valence-corrected chi connectivity index (χ1v) is 7.92. The molecule has 2 rings (SSSR count). The van der Waals surface area contributed by atoms with E-state index >= 15 is 0 Å². The molecule has 1 aliphatic heterocycles. The van der Waals surface area contributed by atoms with Crippen LogP contribution in [0.25, 0.3) is 0 Å². The van der Waals surface area contributed by atoms with E-state index in [1.54, 1.807) is 0 Å². The molecule has 0 bridgehead atoms. The molecule has 1 fully saturated rings. The summed E-state index contributed by atoms with van der Waals surface area (Å²) in [7, 11) is 0. The molecule has 1 aliphatic rings. The van der Waals surface area contributed by atoms with Gasteiger partial charge in [0.1, 0.15) is 0 Å². The lowest BCUT2D eigenvalue weighted by Gasteiger charge is -2.08. The maximum absolute atomic E-state index is 8.66. The van der Waals surface area contributed by atoms with Gasteiger partial charge in [-0.2, -0.15) is 11.8 Å². The van der Waals surface area contributed by atoms with Gasteiger partial charge in [0.25, 0.3) is 0 Å². The quantitative estimate of drug-likeness (QED) is 0.839. The second kappa shape index (κ2) is 8.27. The van der Waals surface area contributed by atoms with Crippen LogP contribution >= 0.6 is 11.8 Å². The Bertz CT molecular complexity index is 424. The van der Waals surface area contributed by atoms with E-state index in [0.29, 0.717) is 12.5 Å². The molecule has 1 saturated heterocycles. The van der Waals surface area contributed by atoms with Crippen molar-refractivity contribution in [1.29, 1.82) is 0 Å². The highest BCUT2D eigenvalue weighted by Gasteiger charge is 2.14. The normalized spacial score (nSPS) is 18.1. The molecule has 3 heteroatoms. The van der Waals surface area contributed by atoms with Crippen molar-refractivity contribution in [2.45, 2.75) is 31.1 Å². The molecule has 19 heavy (non-hydrogen) atoms. The van der Waals surface area contributed by atoms with E-state index in [4.69, 9.17) is 9.84 Å². The maximum atomic E-state index is 8.66. The lowest BCUT2D eigenvalue weighted by Crippen LogP contribution is -2.07. The predicted octanol–water partition coefficient (Wildman–Crippen LogP) is 2.83. The minimum Gasteiger partial charge on any atom is -0.395 e. The molecular weight excluding hydrogens is 256 g/mol. The minimum atomic E-state index is 0.130. The smallest absolute Gasteiger partial charge is 0.0666 e. The van der Waals surface area contributed by atoms with E-state index in [9.17, 15) is 0 Å². The van der Waals surface area contributed by atoms with Gasteiger partial charge in [-0.1, -0.05) is 24.0 Å². The molecule has 0 spiro atoms. The number of aliphatic hydroxyl groups excluding tert-OH is 1. The van der Waals surface area contributed by atoms with Crippen LogP contribution in [-0.2, 0) is 10.5 Å². The van der Waals surface area contributed by atoms with Gasteiger partial charge >= 0.3 is 0 Å². The van der Waals surface area contributed by atoms with Crippen LogP contribution in [0.4, 0.5) is 0 Å². The van der Waals surface area contributed by atoms with Crippen molar-refractivity contribution >= 4 is 11.8 Å². The topological polar surface area (TPSA) is 29.5 Å². The number of hydrogen-bond acceptors (Lipinski definition) is 3. The summed E-state index contributed by atoms with van der Waals surface area (Å²) < 4.78 is 5.61. The van der Waals surface area contributed by atoms with Crippen LogP contribution in [0.2, 0.25) is 0 Å². The monoisotopic (exact) mass is 276 g/mol. The van der Waals surface area contributed by atoms with Crippen LogP contribution in [-0.4, -0.2) is 30.2 Å². The molecule has 1 unspecified atom stereocenters. The molecule has 0 aliphatic carbocycles. The highest BCUT2D eigenvalue weighted by molar-refractivity contribution is 7.98. The molecule has 0 radical (unpaired) electrons. The fourth-order valence-corrected chi connectivity index (χ4v) is 3.06. The van der Waals surface area contributed by atoms with Crippen LogP contribution in [0.3, 0.4) is 0 Å². The Morgan fingerprint density at radius 3 is 2.84 bits per heavy atom. The zero-order valence-corrected chi connectivity index (χ0v) is 11.9. The summed E-state index contributed by atoms with van der Waals surface area (Å²) in [5, 5.41) is 8.66. The third-order valence-electron chi connectivity index (χ3n) is 3.02. The Labute approximate surface area is 119 Å². The van der Waals surface area contributed by atoms with Crippen molar-refractivity contribution in [2.75, 3.05) is 19.0 Å². The summed E-state index contributed by atoms with van der Waals surface area (Å²) in [5.41, 5.74) is 2.34. The van der Waals surface area contributed by atoms with Gasteiger partial charge in [0.2, 0.25) is 0 Å². The molecule has 0 saturated carbocycles. The average Bonchev–Trinajstić information content (AvgIpc) is 2.94. The third kappa shape index (κ3) is 5.28. The molecule has 1 atom stereocenters. The first kappa shape index (κ1) is 14.5. The fraction of sp³-hybridized carbons (Fsp3) is 0.500. The van der Waals surface area contributed by atoms with Crippen LogP contribution < -0.4 is 0 Å². The molecule has 2 nitrogen and oxygen atoms in total. The molecule has 1 heterocycles. The van der Waals surface area contributed by atoms with E-state index in [1.165, 1.54) is 18.4 Å². The summed E-state index contributed by atoms with van der Waals surface area (Å²) in [5.74, 6) is 8.09. The van der Waals surface area contributed by atoms with Gasteiger partial charge in [0, 0.05) is 30.1 Å². The molecule has 1 aromatic carbocycles. The van der Waals surface area contributed by atoms with Crippen molar-refractivity contribution in [3.05, 3.63) is 35.4 Å². The predicted molar refractivity (Wildman–Crippen MR) is 80.2 cm³/mol. The van der Waals surface area contributed by atoms with Crippen molar-refractivity contribution in [3.63, 3.8) is 0 Å². The Kier molecular flexibility index (Phi) is 6.29. The maximum Gasteiger partial charge on any atom is 0.0666 e. The van der Waals surface area contributed by atoms with E-state index in [-0.39, 0.29) is 6.61 Å². The SMILES string of the molecule is OCCC#Cc1ccc(CSCC2CCCO2)cc1. The Morgan fingerprint density at radius 2 is 2.16 bits per heavy atom. The molecule has 0 amide bonds. The number of thioether (sulfide) groups is 1. The number of rotatable bonds is 5. The lowest BCUT2D eigenvalue weighted by molar-refractivity contribution is 0.129. The third-order valence-corrected chi connectivity index (χ3v) is 4.16. The largest absolute Gasteiger partial charge is 0.395 e. The van der Waals surface area contributed by atoms with E-state index in [1.807, 2.05) is 23.9 Å². The van der Waals surface area contributed by atoms with E-state index in [0.717, 1.165) is 23.7 Å². The highest BCUT2D eigenvalue weighted by atomic mass is 32.2. The van der Waals surface area contributed by atoms with Gasteiger partial charge < -0.3 is 9.84 Å². The van der Waals surface area contributed by atoms with Crippen LogP contribution in [0.15, 0.2) is 24.3 Å². The molecule has 1 N–H and O–H groups in total. The zero-order chi connectivity index (χ0) is 13.3. The second-order valence-corrected chi connectivity index (χ2v) is 5.65. The summed E-state index contributed by atoms with van der Waals surface area (Å²) in [4.78, 5) is 0. The molecular formula is C16H20O2S. The van der Waals surface area contributed by atoms with Gasteiger partial charge in [-0.05, 0) is 30.5 Å². The summed E-state index contributed by atoms with van der Waals surface area (Å²) in [6.07, 6.45) is 3.44. The molecule has 0 aromatic heterocycles. The summed E-state index contributed by atoms with van der Waals surface area (Å²) >= 11 is 1.94. The summed E-state index contributed by atoms with van der Waals surface area (Å²) in [6.45, 7) is 1.07. The first-order valence-electron chi connectivity index (χ1n) is 6.76. The fourth-order valence-electron chi connectivity index (χ4n) is 1.99. The van der Waals surface area contributed by atoms with Gasteiger partial charge in [-0.25, -0.2) is 0 Å². The van der Waals surface area contributed by atoms with Gasteiger partial charge in [-0.15, -0.1) is 0 Å². The highest BCUT2D eigenvalue weighted by Crippen LogP contribution is 2.20. The average molecular weight is 276 g/mol. The standard InChI is InChI=1S/C16H20O2S/c17-10-2-1-4-14-6-8-15(9-7-14)12-19-13-16-5-3-11-18-16/h6-9,16-17H,2-3,5,10-13H2. The van der Waals surface area contributed by atoms with Crippen LogP contribution in [0.5, 0.6) is 0 Å². The van der Waals surface area contributed by atoms with E-state index in [2.05, 4.69) is 24.0 Å². The minimum absolute atomic E-state index is 0.130. The van der Waals surface area contributed by atoms with Crippen LogP contribution in [0.1, 0.15) is 30.4 Å². The number of ether oxygens (including phenoxy) is 1. The Morgan fingerprint density at radius 1 is 1.32 bits per heavy atom. The van der Waals surface area contributed by atoms with Gasteiger partial charge in [-0.3, -0.25) is 0 Å². The van der Waals surface area contributed by atoms with Crippen molar-refractivity contribution in [1.82, 2.24) is 0 Å². The number of aliphatic hydroxyl groups is 1. The molecule has 102 valence electrons. The Hall–Kier alpha value is -0.950. The van der Waals surface area contributed by atoms with Crippen molar-refractivity contribution < 1.29 is 9.84 Å². The zero-order valence-electron chi connectivity index (χ0n) is 11.1. The van der Waals surface area contributed by atoms with Gasteiger partial charge in [0.05, 0.1) is 12.7 Å². The van der Waals surface area contributed by atoms with Crippen molar-refractivity contribution in [3.8, 4) is 11.8 Å².